The number of nitrogens with zero attached hydrogens (tertiary/aromatic N) is 4. The molecule has 6 rings (SSSR count). The van der Waals surface area contributed by atoms with E-state index in [1.54, 1.807) is 6.26 Å². The summed E-state index contributed by atoms with van der Waals surface area (Å²) in [6.07, 6.45) is 8.57. The molecule has 8 heteroatoms. The third kappa shape index (κ3) is 4.25. The van der Waals surface area contributed by atoms with Gasteiger partial charge in [-0.25, -0.2) is 14.8 Å². The van der Waals surface area contributed by atoms with E-state index in [4.69, 9.17) is 14.7 Å². The topological polar surface area (TPSA) is 75.6 Å². The van der Waals surface area contributed by atoms with Crippen LogP contribution in [0.25, 0.3) is 0 Å². The number of hydrogen-bond donors (Lipinski definition) is 0. The van der Waals surface area contributed by atoms with Gasteiger partial charge in [-0.05, 0) is 89.3 Å². The molecule has 4 atom stereocenters. The Morgan fingerprint density at radius 1 is 1.08 bits per heavy atom. The van der Waals surface area contributed by atoms with Crippen molar-refractivity contribution in [3.63, 3.8) is 0 Å². The summed E-state index contributed by atoms with van der Waals surface area (Å²) in [4.78, 5) is 27.1. The van der Waals surface area contributed by atoms with Crippen molar-refractivity contribution < 1.29 is 13.7 Å². The molecule has 1 amide bonds. The molecule has 1 spiro atoms. The van der Waals surface area contributed by atoms with Crippen LogP contribution in [0.1, 0.15) is 74.4 Å². The molecule has 1 aromatic carbocycles. The van der Waals surface area contributed by atoms with Crippen LogP contribution in [0.5, 0.6) is 0 Å². The van der Waals surface area contributed by atoms with Gasteiger partial charge in [0.1, 0.15) is 11.4 Å². The second-order valence-electron chi connectivity index (χ2n) is 12.4. The third-order valence-corrected chi connectivity index (χ3v) is 9.58. The molecule has 0 saturated carbocycles. The molecule has 2 unspecified atom stereocenters. The van der Waals surface area contributed by atoms with Crippen molar-refractivity contribution >= 4 is 22.7 Å². The average Bonchev–Trinajstić information content (AvgIpc) is 3.32. The van der Waals surface area contributed by atoms with Crippen LogP contribution < -0.4 is 4.90 Å². The summed E-state index contributed by atoms with van der Waals surface area (Å²) in [6.45, 7) is 9.42. The molecule has 2 bridgehead atoms. The summed E-state index contributed by atoms with van der Waals surface area (Å²) in [7, 11) is -1.26. The molecule has 2 saturated heterocycles. The minimum atomic E-state index is -1.26. The molecule has 2 fully saturated rings. The predicted molar refractivity (Wildman–Crippen MR) is 145 cm³/mol. The Kier molecular flexibility index (Phi) is 5.90. The molecule has 3 heterocycles. The van der Waals surface area contributed by atoms with E-state index in [9.17, 15) is 9.00 Å². The largest absolute Gasteiger partial charge is 0.444 e. The van der Waals surface area contributed by atoms with Crippen molar-refractivity contribution in [3.8, 4) is 0 Å². The van der Waals surface area contributed by atoms with Gasteiger partial charge in [0.05, 0.1) is 28.6 Å². The maximum Gasteiger partial charge on any atom is 0.410 e. The number of rotatable bonds is 2. The van der Waals surface area contributed by atoms with Gasteiger partial charge < -0.3 is 9.64 Å². The van der Waals surface area contributed by atoms with Crippen LogP contribution in [0.15, 0.2) is 23.4 Å². The molecular formula is C29H38N4O3S. The van der Waals surface area contributed by atoms with Crippen molar-refractivity contribution in [3.05, 3.63) is 46.1 Å². The maximum absolute atomic E-state index is 13.0. The number of benzene rings is 1. The number of carbonyl (C=O) groups is 1. The van der Waals surface area contributed by atoms with Crippen LogP contribution in [0, 0.1) is 6.92 Å². The summed E-state index contributed by atoms with van der Waals surface area (Å²) >= 11 is 0. The summed E-state index contributed by atoms with van der Waals surface area (Å²) in [6, 6.07) is 6.94. The Bertz CT molecular complexity index is 1270. The number of hydrogen-bond acceptors (Lipinski definition) is 6. The standard InChI is InChI=1S/C29H38N4O3S/c1-18-7-6-8-23-21(18)11-13-29(23)14-12-22-24(15-29)30-26(37(5)35)31-25(22)32-16-19-9-10-20(17-32)33(19)27(34)36-28(2,3)4/h6-8,19-20H,9-17H2,1-5H3/t19-,20+,29?,37?. The lowest BCUT2D eigenvalue weighted by atomic mass is 9.69. The maximum atomic E-state index is 13.0. The van der Waals surface area contributed by atoms with E-state index in [-0.39, 0.29) is 23.6 Å². The van der Waals surface area contributed by atoms with Crippen LogP contribution >= 0.6 is 0 Å². The van der Waals surface area contributed by atoms with Gasteiger partial charge in [0.15, 0.2) is 0 Å². The first-order valence-electron chi connectivity index (χ1n) is 13.6. The lowest BCUT2D eigenvalue weighted by Crippen LogP contribution is -2.57. The zero-order chi connectivity index (χ0) is 26.1. The van der Waals surface area contributed by atoms with E-state index in [1.165, 1.54) is 22.3 Å². The second kappa shape index (κ2) is 8.79. The van der Waals surface area contributed by atoms with Crippen LogP contribution in [0.2, 0.25) is 0 Å². The van der Waals surface area contributed by atoms with Crippen molar-refractivity contribution in [2.24, 2.45) is 0 Å². The van der Waals surface area contributed by atoms with Crippen molar-refractivity contribution in [1.82, 2.24) is 14.9 Å². The van der Waals surface area contributed by atoms with E-state index in [0.717, 1.165) is 69.5 Å². The zero-order valence-electron chi connectivity index (χ0n) is 22.7. The van der Waals surface area contributed by atoms with Gasteiger partial charge >= 0.3 is 6.09 Å². The lowest BCUT2D eigenvalue weighted by Gasteiger charge is -2.43. The van der Waals surface area contributed by atoms with E-state index in [0.29, 0.717) is 5.16 Å². The molecular weight excluding hydrogens is 484 g/mol. The number of anilines is 1. The minimum absolute atomic E-state index is 0.106. The highest BCUT2D eigenvalue weighted by Crippen LogP contribution is 2.49. The number of fused-ring (bicyclic) bond motifs is 5. The Hall–Kier alpha value is -2.48. The fraction of sp³-hybridized carbons (Fsp3) is 0.621. The quantitative estimate of drug-likeness (QED) is 0.542. The van der Waals surface area contributed by atoms with Gasteiger partial charge in [-0.1, -0.05) is 18.2 Å². The van der Waals surface area contributed by atoms with E-state index >= 15 is 0 Å². The van der Waals surface area contributed by atoms with Crippen LogP contribution in [-0.4, -0.2) is 62.2 Å². The van der Waals surface area contributed by atoms with Gasteiger partial charge in [0.2, 0.25) is 5.16 Å². The molecule has 2 aromatic rings. The first kappa shape index (κ1) is 24.8. The van der Waals surface area contributed by atoms with Crippen LogP contribution in [-0.2, 0) is 40.2 Å². The Morgan fingerprint density at radius 2 is 1.76 bits per heavy atom. The monoisotopic (exact) mass is 522 g/mol. The highest BCUT2D eigenvalue weighted by atomic mass is 32.2. The minimum Gasteiger partial charge on any atom is -0.444 e. The van der Waals surface area contributed by atoms with E-state index in [2.05, 4.69) is 30.0 Å². The molecule has 2 aliphatic heterocycles. The van der Waals surface area contributed by atoms with Crippen molar-refractivity contribution in [2.75, 3.05) is 24.2 Å². The zero-order valence-corrected chi connectivity index (χ0v) is 23.5. The molecule has 4 aliphatic rings. The smallest absolute Gasteiger partial charge is 0.410 e. The summed E-state index contributed by atoms with van der Waals surface area (Å²) in [5, 5.41) is 0.426. The van der Waals surface area contributed by atoms with Gasteiger partial charge in [-0.15, -0.1) is 0 Å². The molecule has 0 radical (unpaired) electrons. The third-order valence-electron chi connectivity index (χ3n) is 8.89. The Balaban J connectivity index is 1.32. The van der Waals surface area contributed by atoms with E-state index in [1.807, 2.05) is 25.7 Å². The number of amides is 1. The number of carbonyl (C=O) groups excluding carboxylic acids is 1. The Labute approximate surface area is 222 Å². The number of ether oxygens (including phenoxy) is 1. The van der Waals surface area contributed by atoms with E-state index < -0.39 is 16.4 Å². The fourth-order valence-electron chi connectivity index (χ4n) is 7.22. The number of aryl methyl sites for hydroxylation is 1. The SMILES string of the molecule is Cc1cccc2c1CCC21CCc2c(nc(S(C)=O)nc2N2C[C@H]3CC[C@@H](C2)N3C(=O)OC(C)(C)C)C1. The van der Waals surface area contributed by atoms with Gasteiger partial charge in [0, 0.05) is 30.3 Å². The van der Waals surface area contributed by atoms with Crippen molar-refractivity contribution in [2.45, 2.75) is 101 Å². The number of piperazine rings is 1. The summed E-state index contributed by atoms with van der Waals surface area (Å²) < 4.78 is 18.4. The lowest BCUT2D eigenvalue weighted by molar-refractivity contribution is 0.0122. The summed E-state index contributed by atoms with van der Waals surface area (Å²) in [5.74, 6) is 0.938. The molecule has 37 heavy (non-hydrogen) atoms. The highest BCUT2D eigenvalue weighted by Gasteiger charge is 2.47. The van der Waals surface area contributed by atoms with Crippen LogP contribution in [0.4, 0.5) is 10.6 Å². The molecule has 7 nitrogen and oxygen atoms in total. The molecule has 1 aromatic heterocycles. The van der Waals surface area contributed by atoms with Gasteiger partial charge in [0.25, 0.3) is 0 Å². The molecule has 198 valence electrons. The molecule has 2 aliphatic carbocycles. The fourth-order valence-corrected chi connectivity index (χ4v) is 7.68. The molecule has 0 N–H and O–H groups in total. The first-order valence-corrected chi connectivity index (χ1v) is 15.2. The Morgan fingerprint density at radius 3 is 2.41 bits per heavy atom. The predicted octanol–water partition coefficient (Wildman–Crippen LogP) is 4.48. The number of aromatic nitrogens is 2. The van der Waals surface area contributed by atoms with Crippen molar-refractivity contribution in [1.29, 1.82) is 0 Å². The van der Waals surface area contributed by atoms with Gasteiger partial charge in [-0.3, -0.25) is 9.11 Å². The highest BCUT2D eigenvalue weighted by molar-refractivity contribution is 7.84. The van der Waals surface area contributed by atoms with Gasteiger partial charge in [-0.2, -0.15) is 0 Å². The average molecular weight is 523 g/mol. The first-order chi connectivity index (χ1) is 17.5. The summed E-state index contributed by atoms with van der Waals surface area (Å²) in [5.41, 5.74) is 6.27. The normalized spacial score (nSPS) is 27.3. The second-order valence-corrected chi connectivity index (χ2v) is 13.7. The van der Waals surface area contributed by atoms with Crippen LogP contribution in [0.3, 0.4) is 0 Å².